The molecule has 170 valence electrons. The number of nitrogens with one attached hydrogen (secondary N) is 1. The first-order valence-corrected chi connectivity index (χ1v) is 10.7. The molecule has 1 saturated heterocycles. The van der Waals surface area contributed by atoms with Crippen LogP contribution < -0.4 is 16.5 Å². The summed E-state index contributed by atoms with van der Waals surface area (Å²) in [5.74, 6) is -0.991. The third-order valence-corrected chi connectivity index (χ3v) is 5.97. The smallest absolute Gasteiger partial charge is 0.399 e. The van der Waals surface area contributed by atoms with Crippen LogP contribution >= 0.6 is 0 Å². The van der Waals surface area contributed by atoms with Crippen LogP contribution in [-0.4, -0.2) is 42.8 Å². The zero-order valence-corrected chi connectivity index (χ0v) is 19.1. The van der Waals surface area contributed by atoms with Gasteiger partial charge in [-0.15, -0.1) is 0 Å². The lowest BCUT2D eigenvalue weighted by Gasteiger charge is -2.32. The molecule has 3 rings (SSSR count). The Morgan fingerprint density at radius 2 is 1.56 bits per heavy atom. The van der Waals surface area contributed by atoms with Gasteiger partial charge in [-0.1, -0.05) is 54.6 Å². The quantitative estimate of drug-likeness (QED) is 0.581. The first-order chi connectivity index (χ1) is 15.1. The maximum absolute atomic E-state index is 12.2. The van der Waals surface area contributed by atoms with E-state index in [1.807, 2.05) is 82.3 Å². The second-order valence-corrected chi connectivity index (χ2v) is 9.03. The molecule has 2 aromatic rings. The summed E-state index contributed by atoms with van der Waals surface area (Å²) >= 11 is 0. The van der Waals surface area contributed by atoms with E-state index >= 15 is 0 Å². The number of primary amides is 1. The van der Waals surface area contributed by atoms with E-state index in [9.17, 15) is 9.59 Å². The highest BCUT2D eigenvalue weighted by Gasteiger charge is 2.51. The highest BCUT2D eigenvalue weighted by atomic mass is 16.7. The van der Waals surface area contributed by atoms with Crippen molar-refractivity contribution in [3.8, 4) is 0 Å². The van der Waals surface area contributed by atoms with Gasteiger partial charge in [0.1, 0.15) is 12.6 Å². The molecular weight excluding hydrogens is 407 g/mol. The number of hydrogen-bond acceptors (Lipinski definition) is 5. The fourth-order valence-electron chi connectivity index (χ4n) is 3.32. The highest BCUT2D eigenvalue weighted by Crippen LogP contribution is 2.36. The predicted molar refractivity (Wildman–Crippen MR) is 123 cm³/mol. The highest BCUT2D eigenvalue weighted by molar-refractivity contribution is 6.62. The summed E-state index contributed by atoms with van der Waals surface area (Å²) in [6.45, 7) is 8.18. The van der Waals surface area contributed by atoms with Gasteiger partial charge >= 0.3 is 7.12 Å². The van der Waals surface area contributed by atoms with Gasteiger partial charge in [0.25, 0.3) is 0 Å². The van der Waals surface area contributed by atoms with E-state index in [-0.39, 0.29) is 13.0 Å². The molecule has 32 heavy (non-hydrogen) atoms. The number of rotatable bonds is 9. The summed E-state index contributed by atoms with van der Waals surface area (Å²) in [7, 11) is -0.456. The van der Waals surface area contributed by atoms with Crippen LogP contribution in [0.3, 0.4) is 0 Å². The Hall–Kier alpha value is -2.68. The zero-order valence-electron chi connectivity index (χ0n) is 19.1. The number of ether oxygens (including phenoxy) is 1. The van der Waals surface area contributed by atoms with Crippen LogP contribution in [-0.2, 0) is 36.7 Å². The molecule has 8 heteroatoms. The molecule has 1 aliphatic heterocycles. The monoisotopic (exact) mass is 438 g/mol. The Bertz CT molecular complexity index is 915. The van der Waals surface area contributed by atoms with Crippen LogP contribution in [0, 0.1) is 0 Å². The van der Waals surface area contributed by atoms with Crippen molar-refractivity contribution < 1.29 is 23.6 Å². The van der Waals surface area contributed by atoms with Crippen LogP contribution in [0.1, 0.15) is 38.8 Å². The molecule has 0 aromatic heterocycles. The average Bonchev–Trinajstić information content (AvgIpc) is 2.96. The van der Waals surface area contributed by atoms with Gasteiger partial charge in [-0.05, 0) is 44.3 Å². The predicted octanol–water partition coefficient (Wildman–Crippen LogP) is 1.72. The molecule has 1 aliphatic rings. The lowest BCUT2D eigenvalue weighted by molar-refractivity contribution is -0.130. The number of amides is 2. The van der Waals surface area contributed by atoms with Gasteiger partial charge in [0.05, 0.1) is 17.8 Å². The van der Waals surface area contributed by atoms with Crippen molar-refractivity contribution in [1.29, 1.82) is 0 Å². The number of nitrogens with two attached hydrogens (primary N) is 1. The van der Waals surface area contributed by atoms with E-state index in [2.05, 4.69) is 5.32 Å². The first kappa shape index (κ1) is 24.0. The molecule has 0 radical (unpaired) electrons. The van der Waals surface area contributed by atoms with E-state index in [4.69, 9.17) is 19.8 Å². The Balaban J connectivity index is 1.53. The summed E-state index contributed by atoms with van der Waals surface area (Å²) in [5, 5.41) is 2.65. The summed E-state index contributed by atoms with van der Waals surface area (Å²) in [4.78, 5) is 24.1. The van der Waals surface area contributed by atoms with Crippen molar-refractivity contribution in [3.05, 3.63) is 65.7 Å². The van der Waals surface area contributed by atoms with Crippen molar-refractivity contribution in [3.63, 3.8) is 0 Å². The molecule has 0 unspecified atom stereocenters. The summed E-state index contributed by atoms with van der Waals surface area (Å²) in [5.41, 5.74) is 7.39. The SMILES string of the molecule is CC1(C)OB(c2ccc(C[C@@H](NC(=O)COCc3ccccc3)C(N)=O)cc2)OC1(C)C. The van der Waals surface area contributed by atoms with E-state index in [1.165, 1.54) is 0 Å². The van der Waals surface area contributed by atoms with Gasteiger partial charge in [-0.3, -0.25) is 9.59 Å². The molecule has 1 fully saturated rings. The molecule has 0 spiro atoms. The van der Waals surface area contributed by atoms with Gasteiger partial charge in [0.15, 0.2) is 0 Å². The Morgan fingerprint density at radius 3 is 2.12 bits per heavy atom. The number of benzene rings is 2. The standard InChI is InChI=1S/C24H31BN2O5/c1-23(2)24(3,4)32-25(31-23)19-12-10-17(11-13-19)14-20(22(26)29)27-21(28)16-30-15-18-8-6-5-7-9-18/h5-13,20H,14-16H2,1-4H3,(H2,26,29)(H,27,28)/t20-/m1/s1. The minimum absolute atomic E-state index is 0.153. The van der Waals surface area contributed by atoms with Crippen molar-refractivity contribution in [2.24, 2.45) is 5.73 Å². The fraction of sp³-hybridized carbons (Fsp3) is 0.417. The number of hydrogen-bond donors (Lipinski definition) is 2. The van der Waals surface area contributed by atoms with Gasteiger partial charge in [-0.2, -0.15) is 0 Å². The van der Waals surface area contributed by atoms with E-state index < -0.39 is 36.2 Å². The van der Waals surface area contributed by atoms with E-state index in [1.54, 1.807) is 0 Å². The second-order valence-electron chi connectivity index (χ2n) is 9.03. The Kier molecular flexibility index (Phi) is 7.38. The Morgan fingerprint density at radius 1 is 0.969 bits per heavy atom. The van der Waals surface area contributed by atoms with E-state index in [0.29, 0.717) is 6.61 Å². The molecule has 3 N–H and O–H groups in total. The average molecular weight is 438 g/mol. The van der Waals surface area contributed by atoms with Crippen LogP contribution in [0.15, 0.2) is 54.6 Å². The van der Waals surface area contributed by atoms with Crippen molar-refractivity contribution >= 4 is 24.4 Å². The molecule has 2 amide bonds. The summed E-state index contributed by atoms with van der Waals surface area (Å²) < 4.78 is 17.6. The first-order valence-electron chi connectivity index (χ1n) is 10.7. The second kappa shape index (κ2) is 9.86. The lowest BCUT2D eigenvalue weighted by Crippen LogP contribution is -2.47. The molecular formula is C24H31BN2O5. The van der Waals surface area contributed by atoms with Gasteiger partial charge in [-0.25, -0.2) is 0 Å². The van der Waals surface area contributed by atoms with Crippen LogP contribution in [0.2, 0.25) is 0 Å². The molecule has 0 bridgehead atoms. The molecule has 0 saturated carbocycles. The van der Waals surface area contributed by atoms with Gasteiger partial charge in [0.2, 0.25) is 11.8 Å². The molecule has 2 aromatic carbocycles. The maximum atomic E-state index is 12.2. The fourth-order valence-corrected chi connectivity index (χ4v) is 3.32. The summed E-state index contributed by atoms with van der Waals surface area (Å²) in [6.07, 6.45) is 0.281. The van der Waals surface area contributed by atoms with Crippen LogP contribution in [0.5, 0.6) is 0 Å². The minimum Gasteiger partial charge on any atom is -0.399 e. The molecule has 1 heterocycles. The normalized spacial score (nSPS) is 17.7. The maximum Gasteiger partial charge on any atom is 0.494 e. The molecule has 0 aliphatic carbocycles. The zero-order chi connectivity index (χ0) is 23.4. The van der Waals surface area contributed by atoms with Crippen LogP contribution in [0.25, 0.3) is 0 Å². The largest absolute Gasteiger partial charge is 0.494 e. The van der Waals surface area contributed by atoms with Crippen LogP contribution in [0.4, 0.5) is 0 Å². The van der Waals surface area contributed by atoms with Crippen molar-refractivity contribution in [1.82, 2.24) is 5.32 Å². The third-order valence-electron chi connectivity index (χ3n) is 5.97. The van der Waals surface area contributed by atoms with Crippen molar-refractivity contribution in [2.75, 3.05) is 6.61 Å². The lowest BCUT2D eigenvalue weighted by atomic mass is 9.78. The van der Waals surface area contributed by atoms with Crippen molar-refractivity contribution in [2.45, 2.75) is 58.0 Å². The summed E-state index contributed by atoms with van der Waals surface area (Å²) in [6, 6.07) is 16.3. The third kappa shape index (κ3) is 5.97. The van der Waals surface area contributed by atoms with E-state index in [0.717, 1.165) is 16.6 Å². The van der Waals surface area contributed by atoms with Gasteiger partial charge in [0, 0.05) is 6.42 Å². The molecule has 7 nitrogen and oxygen atoms in total. The van der Waals surface area contributed by atoms with Gasteiger partial charge < -0.3 is 25.1 Å². The minimum atomic E-state index is -0.828. The number of carbonyl (C=O) groups excluding carboxylic acids is 2. The Labute approximate surface area is 189 Å². The topological polar surface area (TPSA) is 99.9 Å². The molecule has 1 atom stereocenters. The number of carbonyl (C=O) groups is 2.